The molecule has 0 bridgehead atoms. The maximum Gasteiger partial charge on any atom is 0.347 e. The predicted octanol–water partition coefficient (Wildman–Crippen LogP) is 1.55. The number of hydrogen-bond donors (Lipinski definition) is 0. The fourth-order valence-electron chi connectivity index (χ4n) is 2.46. The van der Waals surface area contributed by atoms with Crippen LogP contribution in [-0.2, 0) is 25.5 Å². The minimum absolute atomic E-state index is 0.0251. The van der Waals surface area contributed by atoms with Crippen molar-refractivity contribution in [3.63, 3.8) is 0 Å². The molecule has 1 aliphatic rings. The number of hydrogen-bond acceptors (Lipinski definition) is 9. The van der Waals surface area contributed by atoms with Gasteiger partial charge >= 0.3 is 11.9 Å². The van der Waals surface area contributed by atoms with Gasteiger partial charge in [0, 0.05) is 18.4 Å². The third-order valence-corrected chi connectivity index (χ3v) is 3.81. The molecule has 1 aromatic carbocycles. The minimum Gasteiger partial charge on any atom is -0.493 e. The van der Waals surface area contributed by atoms with Crippen LogP contribution in [0.5, 0.6) is 11.5 Å². The molecular formula is C17H18N2O7. The lowest BCUT2D eigenvalue weighted by molar-refractivity contribution is -0.160. The van der Waals surface area contributed by atoms with Crippen LogP contribution in [0.4, 0.5) is 0 Å². The smallest absolute Gasteiger partial charge is 0.347 e. The van der Waals surface area contributed by atoms with Crippen molar-refractivity contribution in [1.82, 2.24) is 10.1 Å². The van der Waals surface area contributed by atoms with Crippen LogP contribution in [0.25, 0.3) is 11.4 Å². The second kappa shape index (κ2) is 7.85. The lowest BCUT2D eigenvalue weighted by atomic mass is 10.2. The highest BCUT2D eigenvalue weighted by Crippen LogP contribution is 2.31. The van der Waals surface area contributed by atoms with E-state index in [2.05, 4.69) is 10.1 Å². The Balaban J connectivity index is 1.59. The van der Waals surface area contributed by atoms with Crippen LogP contribution in [0.2, 0.25) is 0 Å². The van der Waals surface area contributed by atoms with Gasteiger partial charge in [0.2, 0.25) is 17.8 Å². The molecule has 26 heavy (non-hydrogen) atoms. The van der Waals surface area contributed by atoms with Gasteiger partial charge < -0.3 is 23.5 Å². The first-order valence-corrected chi connectivity index (χ1v) is 8.02. The van der Waals surface area contributed by atoms with Gasteiger partial charge in [0.25, 0.3) is 0 Å². The van der Waals surface area contributed by atoms with Crippen LogP contribution in [-0.4, -0.2) is 49.0 Å². The van der Waals surface area contributed by atoms with Gasteiger partial charge in [0.05, 0.1) is 27.2 Å². The van der Waals surface area contributed by atoms with Crippen LogP contribution >= 0.6 is 0 Å². The molecule has 0 radical (unpaired) electrons. The third kappa shape index (κ3) is 3.93. The van der Waals surface area contributed by atoms with E-state index < -0.39 is 18.0 Å². The highest BCUT2D eigenvalue weighted by molar-refractivity contribution is 5.80. The van der Waals surface area contributed by atoms with Crippen molar-refractivity contribution < 1.29 is 33.1 Å². The predicted molar refractivity (Wildman–Crippen MR) is 86.6 cm³/mol. The quantitative estimate of drug-likeness (QED) is 0.677. The molecule has 1 unspecified atom stereocenters. The van der Waals surface area contributed by atoms with E-state index in [0.717, 1.165) is 0 Å². The van der Waals surface area contributed by atoms with Crippen LogP contribution in [0.3, 0.4) is 0 Å². The lowest BCUT2D eigenvalue weighted by Crippen LogP contribution is -2.22. The number of carbonyl (C=O) groups excluding carboxylic acids is 2. The Bertz CT molecular complexity index is 802. The molecule has 1 saturated heterocycles. The molecule has 3 rings (SSSR count). The Labute approximate surface area is 149 Å². The zero-order chi connectivity index (χ0) is 18.5. The number of aromatic nitrogens is 2. The van der Waals surface area contributed by atoms with Gasteiger partial charge in [-0.25, -0.2) is 4.79 Å². The fraction of sp³-hybridized carbons (Fsp3) is 0.412. The SMILES string of the molecule is COc1ccc(-c2noc(CCC(=O)OC3CCOC3=O)n2)cc1OC. The third-order valence-electron chi connectivity index (χ3n) is 3.81. The summed E-state index contributed by atoms with van der Waals surface area (Å²) in [5.74, 6) is 0.776. The summed E-state index contributed by atoms with van der Waals surface area (Å²) in [4.78, 5) is 27.3. The van der Waals surface area contributed by atoms with E-state index in [-0.39, 0.29) is 19.4 Å². The fourth-order valence-corrected chi connectivity index (χ4v) is 2.46. The van der Waals surface area contributed by atoms with Crippen LogP contribution in [0, 0.1) is 0 Å². The van der Waals surface area contributed by atoms with Crippen molar-refractivity contribution in [3.8, 4) is 22.9 Å². The highest BCUT2D eigenvalue weighted by atomic mass is 16.6. The average Bonchev–Trinajstić information content (AvgIpc) is 3.29. The molecule has 1 fully saturated rings. The van der Waals surface area contributed by atoms with Gasteiger partial charge in [-0.15, -0.1) is 0 Å². The molecule has 0 saturated carbocycles. The van der Waals surface area contributed by atoms with Gasteiger partial charge in [-0.2, -0.15) is 4.98 Å². The zero-order valence-electron chi connectivity index (χ0n) is 14.4. The molecule has 1 aliphatic heterocycles. The Kier molecular flexibility index (Phi) is 5.35. The molecule has 9 nitrogen and oxygen atoms in total. The summed E-state index contributed by atoms with van der Waals surface area (Å²) in [7, 11) is 3.09. The Morgan fingerprint density at radius 3 is 2.77 bits per heavy atom. The van der Waals surface area contributed by atoms with Gasteiger partial charge in [-0.3, -0.25) is 4.79 Å². The van der Waals surface area contributed by atoms with Crippen molar-refractivity contribution in [3.05, 3.63) is 24.1 Å². The molecule has 1 aromatic heterocycles. The van der Waals surface area contributed by atoms with Crippen molar-refractivity contribution in [1.29, 1.82) is 0 Å². The number of cyclic esters (lactones) is 1. The molecule has 2 aromatic rings. The van der Waals surface area contributed by atoms with E-state index in [4.69, 9.17) is 23.5 Å². The summed E-state index contributed by atoms with van der Waals surface area (Å²) in [6, 6.07) is 5.24. The Morgan fingerprint density at radius 2 is 2.08 bits per heavy atom. The number of nitrogens with zero attached hydrogens (tertiary/aromatic N) is 2. The van der Waals surface area contributed by atoms with Crippen molar-refractivity contribution >= 4 is 11.9 Å². The number of ether oxygens (including phenoxy) is 4. The van der Waals surface area contributed by atoms with Crippen LogP contribution in [0.15, 0.2) is 22.7 Å². The zero-order valence-corrected chi connectivity index (χ0v) is 14.4. The van der Waals surface area contributed by atoms with Crippen LogP contribution < -0.4 is 9.47 Å². The molecule has 9 heteroatoms. The van der Waals surface area contributed by atoms with E-state index >= 15 is 0 Å². The van der Waals surface area contributed by atoms with E-state index in [1.165, 1.54) is 7.11 Å². The summed E-state index contributed by atoms with van der Waals surface area (Å²) < 4.78 is 25.4. The topological polar surface area (TPSA) is 110 Å². The first kappa shape index (κ1) is 17.7. The van der Waals surface area contributed by atoms with E-state index in [9.17, 15) is 9.59 Å². The Morgan fingerprint density at radius 1 is 1.27 bits per heavy atom. The van der Waals surface area contributed by atoms with E-state index in [1.54, 1.807) is 25.3 Å². The summed E-state index contributed by atoms with van der Waals surface area (Å²) in [5.41, 5.74) is 0.689. The molecule has 0 amide bonds. The number of rotatable bonds is 7. The molecular weight excluding hydrogens is 344 g/mol. The largest absolute Gasteiger partial charge is 0.493 e. The molecule has 138 valence electrons. The van der Waals surface area contributed by atoms with Gasteiger partial charge in [-0.1, -0.05) is 5.16 Å². The summed E-state index contributed by atoms with van der Waals surface area (Å²) in [6.45, 7) is 0.273. The highest BCUT2D eigenvalue weighted by Gasteiger charge is 2.30. The summed E-state index contributed by atoms with van der Waals surface area (Å²) in [6.07, 6.45) is -0.195. The molecule has 0 N–H and O–H groups in total. The molecule has 1 atom stereocenters. The number of aryl methyl sites for hydroxylation is 1. The first-order chi connectivity index (χ1) is 12.6. The monoisotopic (exact) mass is 362 g/mol. The van der Waals surface area contributed by atoms with Gasteiger partial charge in [-0.05, 0) is 18.2 Å². The summed E-state index contributed by atoms with van der Waals surface area (Å²) in [5, 5.41) is 3.90. The average molecular weight is 362 g/mol. The first-order valence-electron chi connectivity index (χ1n) is 8.02. The molecule has 0 aliphatic carbocycles. The number of carbonyl (C=O) groups is 2. The second-order valence-electron chi connectivity index (χ2n) is 5.52. The van der Waals surface area contributed by atoms with Gasteiger partial charge in [0.15, 0.2) is 11.5 Å². The standard InChI is InChI=1S/C17H18N2O7/c1-22-11-4-3-10(9-13(11)23-2)16-18-14(26-19-16)5-6-15(20)25-12-7-8-24-17(12)21/h3-4,9,12H,5-8H2,1-2H3. The second-order valence-corrected chi connectivity index (χ2v) is 5.52. The maximum atomic E-state index is 11.8. The number of benzene rings is 1. The van der Waals surface area contributed by atoms with E-state index in [1.807, 2.05) is 0 Å². The molecule has 2 heterocycles. The normalized spacial score (nSPS) is 16.2. The summed E-state index contributed by atoms with van der Waals surface area (Å²) >= 11 is 0. The van der Waals surface area contributed by atoms with Crippen molar-refractivity contribution in [2.75, 3.05) is 20.8 Å². The Hall–Kier alpha value is -3.10. The lowest BCUT2D eigenvalue weighted by Gasteiger charge is -2.07. The maximum absolute atomic E-state index is 11.8. The van der Waals surface area contributed by atoms with Crippen molar-refractivity contribution in [2.45, 2.75) is 25.4 Å². The number of methoxy groups -OCH3 is 2. The number of esters is 2. The molecule has 0 spiro atoms. The van der Waals surface area contributed by atoms with Crippen molar-refractivity contribution in [2.24, 2.45) is 0 Å². The minimum atomic E-state index is -0.812. The van der Waals surface area contributed by atoms with Crippen LogP contribution in [0.1, 0.15) is 18.7 Å². The van der Waals surface area contributed by atoms with E-state index in [0.29, 0.717) is 35.2 Å². The van der Waals surface area contributed by atoms with Gasteiger partial charge in [0.1, 0.15) is 0 Å².